The SMILES string of the molecule is CNC1CCCCC1OCCc1ccnn1C. The molecule has 1 N–H and O–H groups in total. The van der Waals surface area contributed by atoms with Crippen LogP contribution < -0.4 is 5.32 Å². The fourth-order valence-corrected chi connectivity index (χ4v) is 2.59. The van der Waals surface area contributed by atoms with E-state index in [9.17, 15) is 0 Å². The van der Waals surface area contributed by atoms with Crippen molar-refractivity contribution < 1.29 is 4.74 Å². The zero-order valence-electron chi connectivity index (χ0n) is 10.9. The summed E-state index contributed by atoms with van der Waals surface area (Å²) in [6.45, 7) is 0.794. The Morgan fingerprint density at radius 1 is 1.47 bits per heavy atom. The number of likely N-dealkylation sites (N-methyl/N-ethyl adjacent to an activating group) is 1. The van der Waals surface area contributed by atoms with Gasteiger partial charge in [-0.15, -0.1) is 0 Å². The first-order valence-corrected chi connectivity index (χ1v) is 6.57. The lowest BCUT2D eigenvalue weighted by Crippen LogP contribution is -2.42. The molecule has 0 spiro atoms. The Labute approximate surface area is 103 Å². The first-order chi connectivity index (χ1) is 8.31. The van der Waals surface area contributed by atoms with Crippen molar-refractivity contribution in [2.24, 2.45) is 7.05 Å². The van der Waals surface area contributed by atoms with Gasteiger partial charge in [-0.3, -0.25) is 4.68 Å². The molecule has 96 valence electrons. The number of aromatic nitrogens is 2. The van der Waals surface area contributed by atoms with E-state index in [0.717, 1.165) is 13.0 Å². The van der Waals surface area contributed by atoms with Gasteiger partial charge in [-0.1, -0.05) is 12.8 Å². The van der Waals surface area contributed by atoms with Crippen molar-refractivity contribution in [3.05, 3.63) is 18.0 Å². The van der Waals surface area contributed by atoms with E-state index in [1.54, 1.807) is 0 Å². The number of hydrogen-bond acceptors (Lipinski definition) is 3. The molecule has 4 heteroatoms. The van der Waals surface area contributed by atoms with Gasteiger partial charge >= 0.3 is 0 Å². The van der Waals surface area contributed by atoms with E-state index >= 15 is 0 Å². The number of nitrogens with zero attached hydrogens (tertiary/aromatic N) is 2. The van der Waals surface area contributed by atoms with E-state index < -0.39 is 0 Å². The summed E-state index contributed by atoms with van der Waals surface area (Å²) in [6, 6.07) is 2.59. The van der Waals surface area contributed by atoms with Gasteiger partial charge in [-0.25, -0.2) is 0 Å². The minimum Gasteiger partial charge on any atom is -0.376 e. The molecule has 1 aromatic rings. The Morgan fingerprint density at radius 3 is 3.00 bits per heavy atom. The van der Waals surface area contributed by atoms with E-state index in [0.29, 0.717) is 12.1 Å². The molecule has 0 bridgehead atoms. The zero-order valence-corrected chi connectivity index (χ0v) is 10.9. The summed E-state index contributed by atoms with van der Waals surface area (Å²) < 4.78 is 7.93. The molecule has 0 aliphatic heterocycles. The number of nitrogens with one attached hydrogen (secondary N) is 1. The van der Waals surface area contributed by atoms with Crippen molar-refractivity contribution >= 4 is 0 Å². The van der Waals surface area contributed by atoms with Crippen molar-refractivity contribution in [2.75, 3.05) is 13.7 Å². The third-order valence-corrected chi connectivity index (χ3v) is 3.69. The lowest BCUT2D eigenvalue weighted by atomic mass is 9.92. The highest BCUT2D eigenvalue weighted by Gasteiger charge is 2.23. The molecule has 2 rings (SSSR count). The predicted octanol–water partition coefficient (Wildman–Crippen LogP) is 1.51. The molecule has 1 aliphatic carbocycles. The van der Waals surface area contributed by atoms with Crippen LogP contribution in [0, 0.1) is 0 Å². The molecule has 1 saturated carbocycles. The Hall–Kier alpha value is -0.870. The molecule has 1 aliphatic rings. The topological polar surface area (TPSA) is 39.1 Å². The van der Waals surface area contributed by atoms with E-state index in [-0.39, 0.29) is 0 Å². The highest BCUT2D eigenvalue weighted by atomic mass is 16.5. The monoisotopic (exact) mass is 237 g/mol. The summed E-state index contributed by atoms with van der Waals surface area (Å²) in [5, 5.41) is 7.53. The molecule has 1 fully saturated rings. The van der Waals surface area contributed by atoms with Gasteiger partial charge in [0.25, 0.3) is 0 Å². The van der Waals surface area contributed by atoms with Gasteiger partial charge in [0.05, 0.1) is 12.7 Å². The summed E-state index contributed by atoms with van der Waals surface area (Å²) in [7, 11) is 4.01. The maximum absolute atomic E-state index is 6.01. The van der Waals surface area contributed by atoms with Crippen LogP contribution in [-0.4, -0.2) is 35.6 Å². The van der Waals surface area contributed by atoms with Crippen LogP contribution in [0.2, 0.25) is 0 Å². The molecule has 0 amide bonds. The second-order valence-corrected chi connectivity index (χ2v) is 4.79. The van der Waals surface area contributed by atoms with Crippen molar-refractivity contribution in [3.63, 3.8) is 0 Å². The van der Waals surface area contributed by atoms with Gasteiger partial charge in [0.15, 0.2) is 0 Å². The second kappa shape index (κ2) is 6.17. The van der Waals surface area contributed by atoms with Crippen LogP contribution in [0.5, 0.6) is 0 Å². The number of ether oxygens (including phenoxy) is 1. The average Bonchev–Trinajstić information content (AvgIpc) is 2.76. The molecule has 2 atom stereocenters. The molecule has 4 nitrogen and oxygen atoms in total. The quantitative estimate of drug-likeness (QED) is 0.843. The van der Waals surface area contributed by atoms with Gasteiger partial charge < -0.3 is 10.1 Å². The molecular formula is C13H23N3O. The minimum atomic E-state index is 0.391. The Bertz CT molecular complexity index is 337. The van der Waals surface area contributed by atoms with Crippen LogP contribution in [0.4, 0.5) is 0 Å². The lowest BCUT2D eigenvalue weighted by molar-refractivity contribution is 0.00826. The van der Waals surface area contributed by atoms with E-state index in [2.05, 4.69) is 16.5 Å². The summed E-state index contributed by atoms with van der Waals surface area (Å²) in [6.07, 6.45) is 8.24. The van der Waals surface area contributed by atoms with Gasteiger partial charge in [0.1, 0.15) is 0 Å². The summed E-state index contributed by atoms with van der Waals surface area (Å²) in [4.78, 5) is 0. The van der Waals surface area contributed by atoms with Crippen LogP contribution in [0.1, 0.15) is 31.4 Å². The van der Waals surface area contributed by atoms with E-state index in [4.69, 9.17) is 4.74 Å². The maximum atomic E-state index is 6.01. The van der Waals surface area contributed by atoms with Gasteiger partial charge in [-0.05, 0) is 26.0 Å². The molecule has 2 unspecified atom stereocenters. The van der Waals surface area contributed by atoms with Crippen molar-refractivity contribution in [1.29, 1.82) is 0 Å². The smallest absolute Gasteiger partial charge is 0.0728 e. The normalized spacial score (nSPS) is 25.1. The largest absolute Gasteiger partial charge is 0.376 e. The summed E-state index contributed by atoms with van der Waals surface area (Å²) in [5.41, 5.74) is 1.24. The molecule has 0 radical (unpaired) electrons. The third kappa shape index (κ3) is 3.30. The van der Waals surface area contributed by atoms with Crippen LogP contribution in [0.15, 0.2) is 12.3 Å². The molecule has 1 heterocycles. The first kappa shape index (κ1) is 12.6. The van der Waals surface area contributed by atoms with Crippen molar-refractivity contribution in [2.45, 2.75) is 44.2 Å². The van der Waals surface area contributed by atoms with Crippen LogP contribution in [-0.2, 0) is 18.2 Å². The lowest BCUT2D eigenvalue weighted by Gasteiger charge is -2.31. The Morgan fingerprint density at radius 2 is 2.29 bits per heavy atom. The molecular weight excluding hydrogens is 214 g/mol. The predicted molar refractivity (Wildman–Crippen MR) is 68.0 cm³/mol. The number of rotatable bonds is 5. The fourth-order valence-electron chi connectivity index (χ4n) is 2.59. The molecule has 17 heavy (non-hydrogen) atoms. The van der Waals surface area contributed by atoms with E-state index in [1.807, 2.05) is 25.0 Å². The molecule has 0 aromatic carbocycles. The molecule has 0 saturated heterocycles. The minimum absolute atomic E-state index is 0.391. The standard InChI is InChI=1S/C13H23N3O/c1-14-12-5-3-4-6-13(12)17-10-8-11-7-9-15-16(11)2/h7,9,12-14H,3-6,8,10H2,1-2H3. The number of hydrogen-bond donors (Lipinski definition) is 1. The summed E-state index contributed by atoms with van der Waals surface area (Å²) >= 11 is 0. The maximum Gasteiger partial charge on any atom is 0.0728 e. The fraction of sp³-hybridized carbons (Fsp3) is 0.769. The van der Waals surface area contributed by atoms with E-state index in [1.165, 1.54) is 31.4 Å². The first-order valence-electron chi connectivity index (χ1n) is 6.57. The van der Waals surface area contributed by atoms with Crippen molar-refractivity contribution in [1.82, 2.24) is 15.1 Å². The van der Waals surface area contributed by atoms with Gasteiger partial charge in [0.2, 0.25) is 0 Å². The average molecular weight is 237 g/mol. The third-order valence-electron chi connectivity index (χ3n) is 3.69. The Balaban J connectivity index is 1.75. The summed E-state index contributed by atoms with van der Waals surface area (Å²) in [5.74, 6) is 0. The van der Waals surface area contributed by atoms with Crippen LogP contribution in [0.25, 0.3) is 0 Å². The second-order valence-electron chi connectivity index (χ2n) is 4.79. The highest BCUT2D eigenvalue weighted by molar-refractivity contribution is 4.99. The Kier molecular flexibility index (Phi) is 4.57. The highest BCUT2D eigenvalue weighted by Crippen LogP contribution is 2.21. The van der Waals surface area contributed by atoms with Gasteiger partial charge in [0, 0.05) is 31.4 Å². The molecule has 1 aromatic heterocycles. The van der Waals surface area contributed by atoms with Crippen LogP contribution >= 0.6 is 0 Å². The number of aryl methyl sites for hydroxylation is 1. The van der Waals surface area contributed by atoms with Crippen LogP contribution in [0.3, 0.4) is 0 Å². The zero-order chi connectivity index (χ0) is 12.1. The van der Waals surface area contributed by atoms with Crippen molar-refractivity contribution in [3.8, 4) is 0 Å². The van der Waals surface area contributed by atoms with Gasteiger partial charge in [-0.2, -0.15) is 5.10 Å².